The lowest BCUT2D eigenvalue weighted by Gasteiger charge is -2.22. The molecule has 2 atom stereocenters. The van der Waals surface area contributed by atoms with Crippen LogP contribution in [0, 0.1) is 11.8 Å². The first kappa shape index (κ1) is 21.5. The topological polar surface area (TPSA) is 43.4 Å². The number of carbonyl (C=O) groups is 2. The third kappa shape index (κ3) is 6.42. The van der Waals surface area contributed by atoms with Crippen molar-refractivity contribution in [3.63, 3.8) is 0 Å². The Hall–Kier alpha value is -2.16. The van der Waals surface area contributed by atoms with Gasteiger partial charge < -0.3 is 4.74 Å². The summed E-state index contributed by atoms with van der Waals surface area (Å²) in [6, 6.07) is 8.97. The lowest BCUT2D eigenvalue weighted by Crippen LogP contribution is -2.14. The molecular weight excluding hydrogens is 360 g/mol. The first-order valence-corrected chi connectivity index (χ1v) is 11.2. The van der Waals surface area contributed by atoms with Crippen LogP contribution in [-0.2, 0) is 20.7 Å². The van der Waals surface area contributed by atoms with Crippen molar-refractivity contribution < 1.29 is 14.3 Å². The largest absolute Gasteiger partial charge is 0.469 e. The molecule has 1 unspecified atom stereocenters. The number of hydrogen-bond acceptors (Lipinski definition) is 3. The van der Waals surface area contributed by atoms with E-state index in [1.165, 1.54) is 56.8 Å². The van der Waals surface area contributed by atoms with Gasteiger partial charge in [0.2, 0.25) is 0 Å². The molecule has 0 N–H and O–H groups in total. The Morgan fingerprint density at radius 2 is 1.86 bits per heavy atom. The first-order valence-electron chi connectivity index (χ1n) is 11.2. The number of unbranched alkanes of at least 4 members (excludes halogenated alkanes) is 1. The molecule has 3 nitrogen and oxygen atoms in total. The van der Waals surface area contributed by atoms with Gasteiger partial charge in [-0.3, -0.25) is 9.59 Å². The Labute approximate surface area is 175 Å². The highest BCUT2D eigenvalue weighted by atomic mass is 16.5. The van der Waals surface area contributed by atoms with Gasteiger partial charge in [0.1, 0.15) is 0 Å². The second-order valence-electron chi connectivity index (χ2n) is 8.52. The van der Waals surface area contributed by atoms with Gasteiger partial charge in [-0.15, -0.1) is 0 Å². The van der Waals surface area contributed by atoms with Crippen LogP contribution in [0.1, 0.15) is 74.8 Å². The zero-order valence-electron chi connectivity index (χ0n) is 17.6. The monoisotopic (exact) mass is 394 g/mol. The highest BCUT2D eigenvalue weighted by Gasteiger charge is 2.30. The maximum atomic E-state index is 12.4. The van der Waals surface area contributed by atoms with Crippen molar-refractivity contribution in [3.05, 3.63) is 59.7 Å². The van der Waals surface area contributed by atoms with Crippen LogP contribution < -0.4 is 0 Å². The maximum Gasteiger partial charge on any atom is 0.305 e. The predicted molar refractivity (Wildman–Crippen MR) is 117 cm³/mol. The summed E-state index contributed by atoms with van der Waals surface area (Å²) in [5, 5.41) is 0. The molecule has 0 amide bonds. The summed E-state index contributed by atoms with van der Waals surface area (Å²) >= 11 is 0. The smallest absolute Gasteiger partial charge is 0.305 e. The van der Waals surface area contributed by atoms with Crippen LogP contribution in [0.4, 0.5) is 0 Å². The Kier molecular flexibility index (Phi) is 8.27. The molecule has 0 heterocycles. The number of ketones is 1. The second-order valence-corrected chi connectivity index (χ2v) is 8.52. The van der Waals surface area contributed by atoms with E-state index in [-0.39, 0.29) is 23.6 Å². The van der Waals surface area contributed by atoms with Crippen molar-refractivity contribution in [2.75, 3.05) is 7.11 Å². The van der Waals surface area contributed by atoms with E-state index in [1.807, 2.05) is 0 Å². The van der Waals surface area contributed by atoms with Gasteiger partial charge in [0.05, 0.1) is 7.11 Å². The third-order valence-corrected chi connectivity index (χ3v) is 6.42. The van der Waals surface area contributed by atoms with E-state index in [9.17, 15) is 9.59 Å². The number of ether oxygens (including phenoxy) is 1. The number of rotatable bonds is 9. The molecular formula is C26H34O3. The van der Waals surface area contributed by atoms with Crippen LogP contribution in [0.25, 0.3) is 0 Å². The summed E-state index contributed by atoms with van der Waals surface area (Å²) < 4.78 is 4.65. The normalized spacial score (nSPS) is 22.4. The molecule has 0 bridgehead atoms. The fourth-order valence-electron chi connectivity index (χ4n) is 4.67. The molecule has 1 aromatic rings. The van der Waals surface area contributed by atoms with Crippen molar-refractivity contribution >= 4 is 11.8 Å². The molecule has 3 heteroatoms. The lowest BCUT2D eigenvalue weighted by atomic mass is 9.83. The van der Waals surface area contributed by atoms with Gasteiger partial charge in [0.25, 0.3) is 0 Å². The SMILES string of the molecule is COC(=O)CCC/C=C\C[C@H]1C(=O)C=CC1c1ccc(CC2CCCCC2)cc1. The van der Waals surface area contributed by atoms with E-state index < -0.39 is 0 Å². The maximum absolute atomic E-state index is 12.4. The second kappa shape index (κ2) is 11.1. The van der Waals surface area contributed by atoms with Gasteiger partial charge in [-0.1, -0.05) is 74.6 Å². The highest BCUT2D eigenvalue weighted by molar-refractivity contribution is 5.95. The minimum absolute atomic E-state index is 0.00366. The van der Waals surface area contributed by atoms with E-state index >= 15 is 0 Å². The van der Waals surface area contributed by atoms with E-state index in [0.29, 0.717) is 6.42 Å². The third-order valence-electron chi connectivity index (χ3n) is 6.42. The fraction of sp³-hybridized carbons (Fsp3) is 0.538. The summed E-state index contributed by atoms with van der Waals surface area (Å²) in [5.41, 5.74) is 2.67. The van der Waals surface area contributed by atoms with Gasteiger partial charge >= 0.3 is 5.97 Å². The van der Waals surface area contributed by atoms with E-state index in [2.05, 4.69) is 47.2 Å². The zero-order chi connectivity index (χ0) is 20.5. The van der Waals surface area contributed by atoms with Gasteiger partial charge in [-0.2, -0.15) is 0 Å². The summed E-state index contributed by atoms with van der Waals surface area (Å²) in [5.74, 6) is 1.07. The quantitative estimate of drug-likeness (QED) is 0.296. The standard InChI is InChI=1S/C26H34O3/c1-29-26(28)12-8-3-2-7-11-24-23(17-18-25(24)27)22-15-13-21(14-16-22)19-20-9-5-4-6-10-20/h2,7,13-18,20,23-24H,3-6,8-12,19H2,1H3/b7-2-/t23?,24-/m1/s1. The molecule has 0 saturated heterocycles. The molecule has 3 rings (SSSR count). The van der Waals surface area contributed by atoms with Crippen molar-refractivity contribution in [1.82, 2.24) is 0 Å². The summed E-state index contributed by atoms with van der Waals surface area (Å²) in [7, 11) is 1.42. The Bertz CT molecular complexity index is 723. The number of benzene rings is 1. The van der Waals surface area contributed by atoms with Gasteiger partial charge in [0, 0.05) is 18.3 Å². The van der Waals surface area contributed by atoms with Gasteiger partial charge in [-0.05, 0) is 48.8 Å². The van der Waals surface area contributed by atoms with Crippen LogP contribution >= 0.6 is 0 Å². The zero-order valence-corrected chi connectivity index (χ0v) is 17.6. The molecule has 1 saturated carbocycles. The molecule has 1 aromatic carbocycles. The number of esters is 1. The molecule has 29 heavy (non-hydrogen) atoms. The van der Waals surface area contributed by atoms with E-state index in [0.717, 1.165) is 25.2 Å². The first-order chi connectivity index (χ1) is 14.2. The Morgan fingerprint density at radius 3 is 2.59 bits per heavy atom. The molecule has 156 valence electrons. The van der Waals surface area contributed by atoms with Crippen LogP contribution in [-0.4, -0.2) is 18.9 Å². The van der Waals surface area contributed by atoms with E-state index in [1.54, 1.807) is 6.08 Å². The number of methoxy groups -OCH3 is 1. The van der Waals surface area contributed by atoms with Crippen LogP contribution in [0.5, 0.6) is 0 Å². The summed E-state index contributed by atoms with van der Waals surface area (Å²) in [4.78, 5) is 23.5. The highest BCUT2D eigenvalue weighted by Crippen LogP contribution is 2.35. The van der Waals surface area contributed by atoms with Crippen LogP contribution in [0.2, 0.25) is 0 Å². The molecule has 2 aliphatic carbocycles. The van der Waals surface area contributed by atoms with Gasteiger partial charge in [0.15, 0.2) is 5.78 Å². The average Bonchev–Trinajstić information content (AvgIpc) is 3.12. The predicted octanol–water partition coefficient (Wildman–Crippen LogP) is 5.94. The lowest BCUT2D eigenvalue weighted by molar-refractivity contribution is -0.140. The number of allylic oxidation sites excluding steroid dienone is 4. The van der Waals surface area contributed by atoms with Crippen molar-refractivity contribution in [3.8, 4) is 0 Å². The van der Waals surface area contributed by atoms with Crippen molar-refractivity contribution in [2.24, 2.45) is 11.8 Å². The molecule has 0 aromatic heterocycles. The minimum Gasteiger partial charge on any atom is -0.469 e. The summed E-state index contributed by atoms with van der Waals surface area (Å²) in [6.45, 7) is 0. The Morgan fingerprint density at radius 1 is 1.10 bits per heavy atom. The molecule has 0 aliphatic heterocycles. The molecule has 0 spiro atoms. The average molecular weight is 395 g/mol. The number of carbonyl (C=O) groups excluding carboxylic acids is 2. The minimum atomic E-state index is -0.166. The van der Waals surface area contributed by atoms with Crippen LogP contribution in [0.3, 0.4) is 0 Å². The van der Waals surface area contributed by atoms with Gasteiger partial charge in [-0.25, -0.2) is 0 Å². The summed E-state index contributed by atoms with van der Waals surface area (Å²) in [6.07, 6.45) is 18.9. The van der Waals surface area contributed by atoms with Crippen molar-refractivity contribution in [1.29, 1.82) is 0 Å². The Balaban J connectivity index is 1.51. The molecule has 2 aliphatic rings. The molecule has 0 radical (unpaired) electrons. The molecule has 1 fully saturated rings. The van der Waals surface area contributed by atoms with Crippen molar-refractivity contribution in [2.45, 2.75) is 70.1 Å². The van der Waals surface area contributed by atoms with Crippen LogP contribution in [0.15, 0.2) is 48.6 Å². The fourth-order valence-corrected chi connectivity index (χ4v) is 4.67. The van der Waals surface area contributed by atoms with E-state index in [4.69, 9.17) is 0 Å². The number of hydrogen-bond donors (Lipinski definition) is 0.